The summed E-state index contributed by atoms with van der Waals surface area (Å²) >= 11 is 1.87. The predicted octanol–water partition coefficient (Wildman–Crippen LogP) is 2.97. The van der Waals surface area contributed by atoms with E-state index in [1.807, 2.05) is 36.9 Å². The molecule has 0 N–H and O–H groups in total. The molecule has 4 heteroatoms. The van der Waals surface area contributed by atoms with Crippen LogP contribution in [-0.4, -0.2) is 23.6 Å². The molecule has 3 nitrogen and oxygen atoms in total. The molecule has 1 aromatic carbocycles. The maximum atomic E-state index is 12.3. The zero-order valence-corrected chi connectivity index (χ0v) is 12.1. The van der Waals surface area contributed by atoms with Gasteiger partial charge in [0.15, 0.2) is 0 Å². The Labute approximate surface area is 122 Å². The number of hydrogen-bond acceptors (Lipinski definition) is 4. The van der Waals surface area contributed by atoms with E-state index in [2.05, 4.69) is 12.1 Å². The summed E-state index contributed by atoms with van der Waals surface area (Å²) in [5.41, 5.74) is 1.24. The molecule has 2 unspecified atom stereocenters. The van der Waals surface area contributed by atoms with E-state index in [4.69, 9.17) is 9.47 Å². The van der Waals surface area contributed by atoms with E-state index in [1.54, 1.807) is 0 Å². The number of rotatable bonds is 0. The number of allylic oxidation sites excluding steroid dienone is 1. The van der Waals surface area contributed by atoms with Crippen LogP contribution in [-0.2, 0) is 9.53 Å². The fourth-order valence-corrected chi connectivity index (χ4v) is 5.20. The smallest absolute Gasteiger partial charge is 0.315 e. The summed E-state index contributed by atoms with van der Waals surface area (Å²) in [4.78, 5) is 12.3. The van der Waals surface area contributed by atoms with Gasteiger partial charge in [-0.1, -0.05) is 18.2 Å². The standard InChI is InChI=1S/C16H16O3S/c1-9-6-14-15(16(17)19-9)11-7-18-13-5-3-2-4-10(13)12(11)8-20-14/h2-6,11-12,14-15H,7-8H2,1H3/t11-,12+,14?,15?/m0/s1. The maximum Gasteiger partial charge on any atom is 0.315 e. The molecular formula is C16H16O3S. The number of thioether (sulfide) groups is 1. The quantitative estimate of drug-likeness (QED) is 0.688. The van der Waals surface area contributed by atoms with E-state index in [9.17, 15) is 4.79 Å². The third-order valence-electron chi connectivity index (χ3n) is 4.48. The number of esters is 1. The summed E-state index contributed by atoms with van der Waals surface area (Å²) in [6.45, 7) is 2.47. The maximum absolute atomic E-state index is 12.3. The molecule has 4 atom stereocenters. The van der Waals surface area contributed by atoms with Gasteiger partial charge >= 0.3 is 5.97 Å². The minimum Gasteiger partial charge on any atom is -0.493 e. The van der Waals surface area contributed by atoms with E-state index in [0.29, 0.717) is 12.5 Å². The van der Waals surface area contributed by atoms with Gasteiger partial charge in [-0.3, -0.25) is 4.79 Å². The average molecular weight is 288 g/mol. The third-order valence-corrected chi connectivity index (χ3v) is 5.85. The second-order valence-electron chi connectivity index (χ2n) is 5.64. The molecular weight excluding hydrogens is 272 g/mol. The second-order valence-corrected chi connectivity index (χ2v) is 6.85. The van der Waals surface area contributed by atoms with Crippen molar-refractivity contribution in [3.8, 4) is 5.75 Å². The summed E-state index contributed by atoms with van der Waals surface area (Å²) in [5.74, 6) is 3.22. The van der Waals surface area contributed by atoms with Crippen molar-refractivity contribution < 1.29 is 14.3 Å². The topological polar surface area (TPSA) is 35.5 Å². The van der Waals surface area contributed by atoms with Crippen LogP contribution in [0.25, 0.3) is 0 Å². The van der Waals surface area contributed by atoms with E-state index < -0.39 is 0 Å². The van der Waals surface area contributed by atoms with Gasteiger partial charge in [0.2, 0.25) is 0 Å². The summed E-state index contributed by atoms with van der Waals surface area (Å²) in [6.07, 6.45) is 2.09. The molecule has 0 amide bonds. The molecule has 1 aromatic rings. The average Bonchev–Trinajstić information content (AvgIpc) is 2.46. The van der Waals surface area contributed by atoms with Crippen LogP contribution >= 0.6 is 11.8 Å². The molecule has 0 radical (unpaired) electrons. The van der Waals surface area contributed by atoms with Gasteiger partial charge < -0.3 is 9.47 Å². The van der Waals surface area contributed by atoms with Crippen LogP contribution in [0.15, 0.2) is 36.1 Å². The number of benzene rings is 1. The van der Waals surface area contributed by atoms with Gasteiger partial charge in [-0.2, -0.15) is 11.8 Å². The first-order valence-electron chi connectivity index (χ1n) is 6.97. The largest absolute Gasteiger partial charge is 0.493 e. The first-order valence-corrected chi connectivity index (χ1v) is 8.02. The van der Waals surface area contributed by atoms with Crippen molar-refractivity contribution >= 4 is 17.7 Å². The molecule has 1 saturated heterocycles. The molecule has 0 aromatic heterocycles. The lowest BCUT2D eigenvalue weighted by Crippen LogP contribution is -2.47. The van der Waals surface area contributed by atoms with E-state index >= 15 is 0 Å². The van der Waals surface area contributed by atoms with Gasteiger partial charge in [0, 0.05) is 22.8 Å². The lowest BCUT2D eigenvalue weighted by molar-refractivity contribution is -0.148. The van der Waals surface area contributed by atoms with Crippen LogP contribution in [0.5, 0.6) is 5.75 Å². The van der Waals surface area contributed by atoms with Crippen LogP contribution in [0.3, 0.4) is 0 Å². The molecule has 0 spiro atoms. The zero-order valence-electron chi connectivity index (χ0n) is 11.2. The first kappa shape index (κ1) is 12.3. The Bertz CT molecular complexity index is 595. The molecule has 3 aliphatic rings. The monoisotopic (exact) mass is 288 g/mol. The van der Waals surface area contributed by atoms with Crippen LogP contribution < -0.4 is 4.74 Å². The lowest BCUT2D eigenvalue weighted by Gasteiger charge is -2.44. The molecule has 3 aliphatic heterocycles. The highest BCUT2D eigenvalue weighted by atomic mass is 32.2. The van der Waals surface area contributed by atoms with Crippen LogP contribution in [0, 0.1) is 11.8 Å². The number of hydrogen-bond donors (Lipinski definition) is 0. The SMILES string of the molecule is CC1=CC2SC[C@@H]3c4ccccc4OC[C@@H]3C2C(=O)O1. The molecule has 0 bridgehead atoms. The number of carbonyl (C=O) groups is 1. The van der Waals surface area contributed by atoms with Crippen LogP contribution in [0.2, 0.25) is 0 Å². The van der Waals surface area contributed by atoms with Crippen molar-refractivity contribution in [1.29, 1.82) is 0 Å². The Morgan fingerprint density at radius 3 is 3.05 bits per heavy atom. The molecule has 1 fully saturated rings. The molecule has 0 saturated carbocycles. The van der Waals surface area contributed by atoms with Gasteiger partial charge in [-0.05, 0) is 24.6 Å². The Hall–Kier alpha value is -1.42. The number of fused-ring (bicyclic) bond motifs is 5. The second kappa shape index (κ2) is 4.55. The van der Waals surface area contributed by atoms with Crippen LogP contribution in [0.1, 0.15) is 18.4 Å². The Kier molecular flexibility index (Phi) is 2.81. The molecule has 3 heterocycles. The van der Waals surface area contributed by atoms with Gasteiger partial charge in [0.05, 0.1) is 12.5 Å². The van der Waals surface area contributed by atoms with E-state index in [0.717, 1.165) is 17.3 Å². The number of para-hydroxylation sites is 1. The summed E-state index contributed by atoms with van der Waals surface area (Å²) in [6, 6.07) is 8.19. The lowest BCUT2D eigenvalue weighted by atomic mass is 9.75. The minimum absolute atomic E-state index is 0.0733. The number of ether oxygens (including phenoxy) is 2. The van der Waals surface area contributed by atoms with Crippen molar-refractivity contribution in [3.63, 3.8) is 0 Å². The summed E-state index contributed by atoms with van der Waals surface area (Å²) in [7, 11) is 0. The fourth-order valence-electron chi connectivity index (χ4n) is 3.53. The van der Waals surface area contributed by atoms with E-state index in [1.165, 1.54) is 5.56 Å². The molecule has 20 heavy (non-hydrogen) atoms. The van der Waals surface area contributed by atoms with Gasteiger partial charge in [-0.25, -0.2) is 0 Å². The van der Waals surface area contributed by atoms with E-state index in [-0.39, 0.29) is 23.1 Å². The fraction of sp³-hybridized carbons (Fsp3) is 0.438. The van der Waals surface area contributed by atoms with Crippen molar-refractivity contribution in [2.45, 2.75) is 18.1 Å². The molecule has 4 rings (SSSR count). The Morgan fingerprint density at radius 1 is 1.30 bits per heavy atom. The summed E-state index contributed by atoms with van der Waals surface area (Å²) in [5, 5.41) is 0.242. The highest BCUT2D eigenvalue weighted by Gasteiger charge is 2.48. The summed E-state index contributed by atoms with van der Waals surface area (Å²) < 4.78 is 11.2. The minimum atomic E-state index is -0.0832. The highest BCUT2D eigenvalue weighted by molar-refractivity contribution is 8.00. The van der Waals surface area contributed by atoms with Crippen molar-refractivity contribution in [3.05, 3.63) is 41.7 Å². The molecule has 0 aliphatic carbocycles. The normalized spacial score (nSPS) is 34.9. The van der Waals surface area contributed by atoms with Crippen molar-refractivity contribution in [2.24, 2.45) is 11.8 Å². The van der Waals surface area contributed by atoms with Gasteiger partial charge in [0.1, 0.15) is 11.5 Å². The number of cyclic esters (lactones) is 1. The predicted molar refractivity (Wildman–Crippen MR) is 77.8 cm³/mol. The first-order chi connectivity index (χ1) is 9.74. The third kappa shape index (κ3) is 1.78. The Morgan fingerprint density at radius 2 is 2.15 bits per heavy atom. The zero-order chi connectivity index (χ0) is 13.7. The Balaban J connectivity index is 1.72. The highest BCUT2D eigenvalue weighted by Crippen LogP contribution is 2.50. The number of carbonyl (C=O) groups excluding carboxylic acids is 1. The van der Waals surface area contributed by atoms with Gasteiger partial charge in [0.25, 0.3) is 0 Å². The van der Waals surface area contributed by atoms with Crippen molar-refractivity contribution in [1.82, 2.24) is 0 Å². The van der Waals surface area contributed by atoms with Gasteiger partial charge in [-0.15, -0.1) is 0 Å². The van der Waals surface area contributed by atoms with Crippen LogP contribution in [0.4, 0.5) is 0 Å². The van der Waals surface area contributed by atoms with Crippen molar-refractivity contribution in [2.75, 3.05) is 12.4 Å². The molecule has 104 valence electrons.